The van der Waals surface area contributed by atoms with Crippen molar-refractivity contribution >= 4 is 9.73 Å². The molecule has 1 atom stereocenters. The van der Waals surface area contributed by atoms with Gasteiger partial charge < -0.3 is 0 Å². The summed E-state index contributed by atoms with van der Waals surface area (Å²) >= 11 is 0. The molecule has 66 valence electrons. The zero-order valence-electron chi connectivity index (χ0n) is 6.95. The molecule has 0 radical (unpaired) electrons. The Morgan fingerprint density at radius 1 is 1.50 bits per heavy atom. The molecule has 1 aromatic carbocycles. The fraction of sp³-hybridized carbons (Fsp3) is 0.250. The van der Waals surface area contributed by atoms with E-state index in [9.17, 15) is 8.60 Å². The van der Waals surface area contributed by atoms with E-state index in [-0.39, 0.29) is 5.82 Å². The van der Waals surface area contributed by atoms with E-state index in [4.69, 9.17) is 0 Å². The minimum atomic E-state index is -2.39. The van der Waals surface area contributed by atoms with E-state index in [2.05, 4.69) is 4.36 Å². The van der Waals surface area contributed by atoms with Crippen LogP contribution in [0, 0.1) is 5.82 Å². The lowest BCUT2D eigenvalue weighted by Crippen LogP contribution is -1.96. The van der Waals surface area contributed by atoms with Crippen LogP contribution in [-0.2, 0) is 9.73 Å². The molecule has 1 aromatic rings. The molecule has 2 nitrogen and oxygen atoms in total. The van der Waals surface area contributed by atoms with Crippen molar-refractivity contribution in [1.29, 1.82) is 0 Å². The maximum Gasteiger partial charge on any atom is 0.124 e. The zero-order chi connectivity index (χ0) is 9.19. The van der Waals surface area contributed by atoms with Crippen LogP contribution in [0.5, 0.6) is 0 Å². The summed E-state index contributed by atoms with van der Waals surface area (Å²) in [6.45, 7) is 0. The smallest absolute Gasteiger partial charge is 0.124 e. The summed E-state index contributed by atoms with van der Waals surface area (Å²) in [4.78, 5) is 0.435. The molecule has 0 amide bonds. The fourth-order valence-corrected chi connectivity index (χ4v) is 1.68. The first-order valence-corrected chi connectivity index (χ1v) is 5.34. The second kappa shape index (κ2) is 3.23. The van der Waals surface area contributed by atoms with Gasteiger partial charge in [-0.05, 0) is 18.2 Å². The largest absolute Gasteiger partial charge is 0.245 e. The standard InChI is InChI=1S/C8H10FNOS/c1-10-12(2,11)8-5-3-4-7(9)6-8/h3-6H,1-2H3/t12-/m0/s1. The Labute approximate surface area is 71.6 Å². The van der Waals surface area contributed by atoms with Crippen molar-refractivity contribution in [3.63, 3.8) is 0 Å². The molecule has 0 spiro atoms. The zero-order valence-corrected chi connectivity index (χ0v) is 7.77. The molecule has 1 rings (SSSR count). The summed E-state index contributed by atoms with van der Waals surface area (Å²) in [6, 6.07) is 5.70. The van der Waals surface area contributed by atoms with E-state index in [1.54, 1.807) is 6.07 Å². The average molecular weight is 187 g/mol. The van der Waals surface area contributed by atoms with Gasteiger partial charge in [-0.15, -0.1) is 0 Å². The lowest BCUT2D eigenvalue weighted by Gasteiger charge is -2.01. The van der Waals surface area contributed by atoms with Crippen molar-refractivity contribution in [2.45, 2.75) is 4.90 Å². The third kappa shape index (κ3) is 1.82. The Balaban J connectivity index is 3.31. The summed E-state index contributed by atoms with van der Waals surface area (Å²) < 4.78 is 27.9. The lowest BCUT2D eigenvalue weighted by atomic mass is 10.4. The van der Waals surface area contributed by atoms with Gasteiger partial charge in [0.05, 0.1) is 14.6 Å². The molecule has 0 aliphatic carbocycles. The Morgan fingerprint density at radius 2 is 2.17 bits per heavy atom. The Bertz CT molecular complexity index is 394. The van der Waals surface area contributed by atoms with Gasteiger partial charge in [-0.25, -0.2) is 13.0 Å². The van der Waals surface area contributed by atoms with E-state index in [1.807, 2.05) is 0 Å². The highest BCUT2D eigenvalue weighted by atomic mass is 32.2. The van der Waals surface area contributed by atoms with Gasteiger partial charge in [-0.3, -0.25) is 0 Å². The third-order valence-electron chi connectivity index (χ3n) is 1.58. The van der Waals surface area contributed by atoms with Crippen LogP contribution in [0.25, 0.3) is 0 Å². The van der Waals surface area contributed by atoms with E-state index in [1.165, 1.54) is 31.5 Å². The molecule has 0 fully saturated rings. The minimum absolute atomic E-state index is 0.384. The molecule has 0 aliphatic rings. The molecule has 0 aromatic heterocycles. The molecular weight excluding hydrogens is 177 g/mol. The average Bonchev–Trinajstić information content (AvgIpc) is 2.05. The summed E-state index contributed by atoms with van der Waals surface area (Å²) in [7, 11) is -0.920. The number of hydrogen-bond acceptors (Lipinski definition) is 2. The maximum absolute atomic E-state index is 12.7. The second-order valence-electron chi connectivity index (χ2n) is 2.44. The molecule has 4 heteroatoms. The van der Waals surface area contributed by atoms with Crippen LogP contribution in [-0.4, -0.2) is 17.5 Å². The first kappa shape index (κ1) is 9.19. The first-order valence-electron chi connectivity index (χ1n) is 3.42. The van der Waals surface area contributed by atoms with Gasteiger partial charge in [-0.1, -0.05) is 6.07 Å². The van der Waals surface area contributed by atoms with Crippen molar-refractivity contribution in [3.8, 4) is 0 Å². The third-order valence-corrected chi connectivity index (χ3v) is 3.41. The van der Waals surface area contributed by atoms with E-state index < -0.39 is 9.73 Å². The van der Waals surface area contributed by atoms with Gasteiger partial charge in [0.25, 0.3) is 0 Å². The minimum Gasteiger partial charge on any atom is -0.245 e. The number of nitrogens with zero attached hydrogens (tertiary/aromatic N) is 1. The van der Waals surface area contributed by atoms with Crippen molar-refractivity contribution in [2.75, 3.05) is 13.3 Å². The van der Waals surface area contributed by atoms with Gasteiger partial charge in [0, 0.05) is 13.3 Å². The maximum atomic E-state index is 12.7. The first-order chi connectivity index (χ1) is 5.56. The predicted molar refractivity (Wildman–Crippen MR) is 47.1 cm³/mol. The van der Waals surface area contributed by atoms with Crippen LogP contribution in [0.1, 0.15) is 0 Å². The van der Waals surface area contributed by atoms with Crippen LogP contribution in [0.2, 0.25) is 0 Å². The second-order valence-corrected chi connectivity index (χ2v) is 4.88. The van der Waals surface area contributed by atoms with Gasteiger partial charge in [-0.2, -0.15) is 0 Å². The Kier molecular flexibility index (Phi) is 2.47. The van der Waals surface area contributed by atoms with Crippen molar-refractivity contribution in [2.24, 2.45) is 4.36 Å². The molecule has 0 saturated heterocycles. The van der Waals surface area contributed by atoms with E-state index in [0.29, 0.717) is 4.90 Å². The lowest BCUT2D eigenvalue weighted by molar-refractivity contribution is 0.622. The Hall–Kier alpha value is -0.900. The van der Waals surface area contributed by atoms with Crippen molar-refractivity contribution < 1.29 is 8.60 Å². The van der Waals surface area contributed by atoms with E-state index in [0.717, 1.165) is 0 Å². The van der Waals surface area contributed by atoms with Crippen LogP contribution in [0.4, 0.5) is 4.39 Å². The van der Waals surface area contributed by atoms with Crippen molar-refractivity contribution in [3.05, 3.63) is 30.1 Å². The molecule has 0 N–H and O–H groups in total. The summed E-state index contributed by atoms with van der Waals surface area (Å²) in [5.41, 5.74) is 0. The SMILES string of the molecule is CN=[S@@](C)(=O)c1cccc(F)c1. The van der Waals surface area contributed by atoms with Gasteiger partial charge in [0.2, 0.25) is 0 Å². The Morgan fingerprint density at radius 3 is 2.67 bits per heavy atom. The van der Waals surface area contributed by atoms with Gasteiger partial charge in [0.15, 0.2) is 0 Å². The van der Waals surface area contributed by atoms with Crippen molar-refractivity contribution in [1.82, 2.24) is 0 Å². The number of hydrogen-bond donors (Lipinski definition) is 0. The number of benzene rings is 1. The summed E-state index contributed by atoms with van der Waals surface area (Å²) in [6.07, 6.45) is 1.49. The monoisotopic (exact) mass is 187 g/mol. The van der Waals surface area contributed by atoms with Crippen LogP contribution in [0.3, 0.4) is 0 Å². The highest BCUT2D eigenvalue weighted by Gasteiger charge is 2.04. The van der Waals surface area contributed by atoms with Gasteiger partial charge in [0.1, 0.15) is 5.82 Å². The normalized spacial score (nSPS) is 15.2. The van der Waals surface area contributed by atoms with Gasteiger partial charge >= 0.3 is 0 Å². The molecule has 0 heterocycles. The fourth-order valence-electron chi connectivity index (χ4n) is 0.808. The topological polar surface area (TPSA) is 29.4 Å². The highest BCUT2D eigenvalue weighted by Crippen LogP contribution is 2.11. The summed E-state index contributed by atoms with van der Waals surface area (Å²) in [5, 5.41) is 0. The van der Waals surface area contributed by atoms with Crippen LogP contribution >= 0.6 is 0 Å². The molecule has 0 bridgehead atoms. The summed E-state index contributed by atoms with van der Waals surface area (Å²) in [5.74, 6) is -0.384. The quantitative estimate of drug-likeness (QED) is 0.660. The molecule has 0 unspecified atom stereocenters. The molecule has 12 heavy (non-hydrogen) atoms. The molecule has 0 saturated carbocycles. The van der Waals surface area contributed by atoms with Crippen LogP contribution in [0.15, 0.2) is 33.5 Å². The predicted octanol–water partition coefficient (Wildman–Crippen LogP) is 1.91. The number of rotatable bonds is 1. The number of halogens is 1. The molecular formula is C8H10FNOS. The molecule has 0 aliphatic heterocycles. The van der Waals surface area contributed by atoms with E-state index >= 15 is 0 Å². The highest BCUT2D eigenvalue weighted by molar-refractivity contribution is 7.93. The van der Waals surface area contributed by atoms with Crippen LogP contribution < -0.4 is 0 Å².